The molecule has 1 spiro atoms. The molecular formula is C30H28F3N3O4S. The smallest absolute Gasteiger partial charge is 0.264 e. The molecule has 0 radical (unpaired) electrons. The highest BCUT2D eigenvalue weighted by Crippen LogP contribution is 2.59. The number of benzene rings is 3. The molecule has 0 bridgehead atoms. The van der Waals surface area contributed by atoms with Crippen molar-refractivity contribution in [2.75, 3.05) is 22.7 Å². The molecule has 1 saturated heterocycles. The summed E-state index contributed by atoms with van der Waals surface area (Å²) >= 11 is 0. The van der Waals surface area contributed by atoms with E-state index in [9.17, 15) is 31.2 Å². The Kier molecular flexibility index (Phi) is 6.60. The summed E-state index contributed by atoms with van der Waals surface area (Å²) in [5.41, 5.74) is 0.0152. The van der Waals surface area contributed by atoms with E-state index in [1.807, 2.05) is 0 Å². The molecule has 3 aromatic carbocycles. The lowest BCUT2D eigenvalue weighted by atomic mass is 9.68. The molecule has 1 aliphatic carbocycles. The Bertz CT molecular complexity index is 1630. The lowest BCUT2D eigenvalue weighted by Crippen LogP contribution is -2.54. The van der Waals surface area contributed by atoms with E-state index in [2.05, 4.69) is 5.32 Å². The molecule has 0 aromatic heterocycles. The predicted molar refractivity (Wildman–Crippen MR) is 146 cm³/mol. The van der Waals surface area contributed by atoms with Crippen LogP contribution in [0.3, 0.4) is 0 Å². The Morgan fingerprint density at radius 1 is 0.927 bits per heavy atom. The first-order valence-electron chi connectivity index (χ1n) is 13.5. The Morgan fingerprint density at radius 3 is 2.15 bits per heavy atom. The Hall–Kier alpha value is -3.86. The number of fused-ring (bicyclic) bond motifs is 2. The molecule has 1 N–H and O–H groups in total. The molecule has 2 aliphatic heterocycles. The monoisotopic (exact) mass is 583 g/mol. The number of carbonyl (C=O) groups is 2. The number of hydrogen-bond acceptors (Lipinski definition) is 4. The second kappa shape index (κ2) is 9.90. The molecule has 3 aromatic rings. The maximum absolute atomic E-state index is 14.3. The van der Waals surface area contributed by atoms with Gasteiger partial charge in [-0.2, -0.15) is 0 Å². The zero-order valence-electron chi connectivity index (χ0n) is 22.2. The van der Waals surface area contributed by atoms with Crippen molar-refractivity contribution < 1.29 is 31.2 Å². The van der Waals surface area contributed by atoms with Gasteiger partial charge < -0.3 is 10.2 Å². The van der Waals surface area contributed by atoms with Crippen molar-refractivity contribution >= 4 is 33.2 Å². The molecule has 1 unspecified atom stereocenters. The molecule has 6 rings (SSSR count). The van der Waals surface area contributed by atoms with Crippen LogP contribution in [0.2, 0.25) is 0 Å². The SMILES string of the molecule is CC(=O)N1CCC2(CC1)c1cc(NC(=O)c3c(F)cccc3F)ccc1N(S(=O)(=O)c1ccc(F)cc1)C2C1CC1. The number of nitrogens with zero attached hydrogens (tertiary/aromatic N) is 2. The third kappa shape index (κ3) is 4.56. The molecule has 3 aliphatic rings. The molecule has 7 nitrogen and oxygen atoms in total. The lowest BCUT2D eigenvalue weighted by Gasteiger charge is -2.45. The van der Waals surface area contributed by atoms with Crippen molar-refractivity contribution in [3.8, 4) is 0 Å². The second-order valence-corrected chi connectivity index (χ2v) is 12.8. The van der Waals surface area contributed by atoms with Crippen molar-refractivity contribution in [2.45, 2.75) is 49.0 Å². The molecule has 2 amide bonds. The van der Waals surface area contributed by atoms with Gasteiger partial charge in [0, 0.05) is 31.1 Å². The van der Waals surface area contributed by atoms with E-state index in [0.29, 0.717) is 37.2 Å². The first kappa shape index (κ1) is 27.3. The average Bonchev–Trinajstić information content (AvgIpc) is 3.73. The first-order chi connectivity index (χ1) is 19.5. The zero-order chi connectivity index (χ0) is 29.1. The summed E-state index contributed by atoms with van der Waals surface area (Å²) in [4.78, 5) is 26.7. The van der Waals surface area contributed by atoms with Crippen LogP contribution in [0.5, 0.6) is 0 Å². The summed E-state index contributed by atoms with van der Waals surface area (Å²) in [6, 6.07) is 12.2. The number of nitrogens with one attached hydrogen (secondary N) is 1. The quantitative estimate of drug-likeness (QED) is 0.446. The Balaban J connectivity index is 1.46. The van der Waals surface area contributed by atoms with Crippen LogP contribution in [0.15, 0.2) is 65.6 Å². The number of hydrogen-bond donors (Lipinski definition) is 1. The van der Waals surface area contributed by atoms with Gasteiger partial charge in [-0.1, -0.05) is 6.07 Å². The minimum absolute atomic E-state index is 0.0406. The largest absolute Gasteiger partial charge is 0.343 e. The van der Waals surface area contributed by atoms with E-state index < -0.39 is 50.4 Å². The fourth-order valence-electron chi connectivity index (χ4n) is 6.49. The molecule has 11 heteroatoms. The summed E-state index contributed by atoms with van der Waals surface area (Å²) in [5, 5.41) is 2.58. The Labute approximate surface area is 236 Å². The van der Waals surface area contributed by atoms with E-state index in [4.69, 9.17) is 0 Å². The maximum atomic E-state index is 14.3. The highest BCUT2D eigenvalue weighted by molar-refractivity contribution is 7.92. The standard InChI is InChI=1S/C30H28F3N3O4S/c1-18(37)35-15-13-30(14-16-35)23-17-21(34-29(38)27-24(32)3-2-4-25(27)33)9-12-26(23)36(28(30)19-5-6-19)41(39,40)22-10-7-20(31)8-11-22/h2-4,7-12,17,19,28H,5-6,13-16H2,1H3,(H,34,38). The fraction of sp³-hybridized carbons (Fsp3) is 0.333. The van der Waals surface area contributed by atoms with Crippen LogP contribution in [0, 0.1) is 23.4 Å². The van der Waals surface area contributed by atoms with Gasteiger partial charge in [0.2, 0.25) is 5.91 Å². The molecular weight excluding hydrogens is 555 g/mol. The van der Waals surface area contributed by atoms with Gasteiger partial charge in [0.25, 0.3) is 15.9 Å². The predicted octanol–water partition coefficient (Wildman–Crippen LogP) is 5.22. The highest BCUT2D eigenvalue weighted by Gasteiger charge is 2.60. The van der Waals surface area contributed by atoms with Crippen molar-refractivity contribution in [3.05, 3.63) is 89.2 Å². The average molecular weight is 584 g/mol. The van der Waals surface area contributed by atoms with E-state index in [1.54, 1.807) is 17.0 Å². The van der Waals surface area contributed by atoms with Crippen LogP contribution in [0.1, 0.15) is 48.5 Å². The third-order valence-corrected chi connectivity index (χ3v) is 10.4. The molecule has 1 atom stereocenters. The molecule has 2 fully saturated rings. The van der Waals surface area contributed by atoms with Gasteiger partial charge in [-0.15, -0.1) is 0 Å². The number of halogens is 3. The van der Waals surface area contributed by atoms with Gasteiger partial charge in [0.15, 0.2) is 0 Å². The van der Waals surface area contributed by atoms with Gasteiger partial charge in [-0.05, 0) is 91.8 Å². The first-order valence-corrected chi connectivity index (χ1v) is 14.9. The van der Waals surface area contributed by atoms with E-state index >= 15 is 0 Å². The summed E-state index contributed by atoms with van der Waals surface area (Å²) in [6.45, 7) is 2.36. The van der Waals surface area contributed by atoms with Crippen molar-refractivity contribution in [2.24, 2.45) is 5.92 Å². The van der Waals surface area contributed by atoms with Crippen LogP contribution < -0.4 is 9.62 Å². The number of rotatable bonds is 5. The minimum atomic E-state index is -4.12. The fourth-order valence-corrected chi connectivity index (χ4v) is 8.28. The van der Waals surface area contributed by atoms with Crippen molar-refractivity contribution in [1.82, 2.24) is 4.90 Å². The third-order valence-electron chi connectivity index (χ3n) is 8.58. The van der Waals surface area contributed by atoms with Crippen LogP contribution in [-0.2, 0) is 20.2 Å². The van der Waals surface area contributed by atoms with Gasteiger partial charge in [0.1, 0.15) is 23.0 Å². The number of sulfonamides is 1. The second-order valence-electron chi connectivity index (χ2n) is 11.0. The highest BCUT2D eigenvalue weighted by atomic mass is 32.2. The van der Waals surface area contributed by atoms with Gasteiger partial charge in [0.05, 0.1) is 16.6 Å². The maximum Gasteiger partial charge on any atom is 0.264 e. The van der Waals surface area contributed by atoms with E-state index in [0.717, 1.165) is 37.1 Å². The number of piperidine rings is 1. The van der Waals surface area contributed by atoms with Gasteiger partial charge in [-0.3, -0.25) is 13.9 Å². The lowest BCUT2D eigenvalue weighted by molar-refractivity contribution is -0.130. The molecule has 41 heavy (non-hydrogen) atoms. The number of amides is 2. The number of anilines is 2. The van der Waals surface area contributed by atoms with E-state index in [-0.39, 0.29) is 22.4 Å². The van der Waals surface area contributed by atoms with Crippen molar-refractivity contribution in [1.29, 1.82) is 0 Å². The summed E-state index contributed by atoms with van der Waals surface area (Å²) in [6.07, 6.45) is 2.66. The normalized spacial score (nSPS) is 19.8. The van der Waals surface area contributed by atoms with Crippen LogP contribution >= 0.6 is 0 Å². The molecule has 214 valence electrons. The zero-order valence-corrected chi connectivity index (χ0v) is 23.1. The van der Waals surface area contributed by atoms with Crippen molar-refractivity contribution in [3.63, 3.8) is 0 Å². The van der Waals surface area contributed by atoms with E-state index in [1.165, 1.54) is 35.5 Å². The molecule has 1 saturated carbocycles. The summed E-state index contributed by atoms with van der Waals surface area (Å²) in [7, 11) is -4.12. The summed E-state index contributed by atoms with van der Waals surface area (Å²) in [5.74, 6) is -3.50. The van der Waals surface area contributed by atoms with Crippen LogP contribution in [0.25, 0.3) is 0 Å². The van der Waals surface area contributed by atoms with Crippen LogP contribution in [-0.4, -0.2) is 44.3 Å². The minimum Gasteiger partial charge on any atom is -0.343 e. The summed E-state index contributed by atoms with van der Waals surface area (Å²) < 4.78 is 72.0. The Morgan fingerprint density at radius 2 is 1.56 bits per heavy atom. The van der Waals surface area contributed by atoms with Gasteiger partial charge in [-0.25, -0.2) is 21.6 Å². The number of likely N-dealkylation sites (tertiary alicyclic amines) is 1. The topological polar surface area (TPSA) is 86.8 Å². The van der Waals surface area contributed by atoms with Crippen LogP contribution in [0.4, 0.5) is 24.5 Å². The molecule has 2 heterocycles. The van der Waals surface area contributed by atoms with Gasteiger partial charge >= 0.3 is 0 Å². The number of carbonyl (C=O) groups excluding carboxylic acids is 2.